The number of carbonyl (C=O) groups excluding carboxylic acids is 2. The molecule has 9 nitrogen and oxygen atoms in total. The largest absolute Gasteiger partial charge is 0.381 e. The fraction of sp³-hybridized carbons (Fsp3) is 0.500. The Balaban J connectivity index is 1.39. The minimum Gasteiger partial charge on any atom is -0.381 e. The highest BCUT2D eigenvalue weighted by Gasteiger charge is 2.38. The van der Waals surface area contributed by atoms with Gasteiger partial charge in [-0.15, -0.1) is 0 Å². The number of anilines is 4. The van der Waals surface area contributed by atoms with Crippen LogP contribution in [-0.4, -0.2) is 92.2 Å². The summed E-state index contributed by atoms with van der Waals surface area (Å²) >= 11 is 0. The van der Waals surface area contributed by atoms with E-state index in [0.717, 1.165) is 56.1 Å². The van der Waals surface area contributed by atoms with Crippen molar-refractivity contribution in [2.24, 2.45) is 0 Å². The molecule has 35 heavy (non-hydrogen) atoms. The van der Waals surface area contributed by atoms with Crippen molar-refractivity contribution in [3.05, 3.63) is 42.1 Å². The third-order valence-corrected chi connectivity index (χ3v) is 7.36. The zero-order chi connectivity index (χ0) is 24.5. The standard InChI is InChI=1S/C26H34N6O3/c1-18-25(33)30(3)23-17-27-24(16-22(23)32(18)21-7-13-35-14-8-21)28-20-6-4-5-19(15-20)26(34)31-11-9-29(2)10-12-31/h4-6,15-18,21H,7-14H2,1-3H3,(H,27,28). The summed E-state index contributed by atoms with van der Waals surface area (Å²) in [5, 5.41) is 3.38. The Morgan fingerprint density at radius 1 is 1.06 bits per heavy atom. The molecule has 0 aliphatic carbocycles. The SMILES string of the molecule is CC1C(=O)N(C)c2cnc(Nc3cccc(C(=O)N4CCN(C)CC4)c3)cc2N1C1CCOCC1. The van der Waals surface area contributed by atoms with E-state index >= 15 is 0 Å². The lowest BCUT2D eigenvalue weighted by Crippen LogP contribution is -2.55. The number of rotatable bonds is 4. The molecule has 0 saturated carbocycles. The number of fused-ring (bicyclic) bond motifs is 1. The Hall–Kier alpha value is -3.17. The van der Waals surface area contributed by atoms with E-state index in [2.05, 4.69) is 27.1 Å². The van der Waals surface area contributed by atoms with Crippen molar-refractivity contribution in [1.29, 1.82) is 0 Å². The number of aromatic nitrogens is 1. The summed E-state index contributed by atoms with van der Waals surface area (Å²) in [4.78, 5) is 38.6. The molecule has 186 valence electrons. The number of piperazine rings is 1. The molecule has 1 atom stereocenters. The van der Waals surface area contributed by atoms with Gasteiger partial charge in [0.2, 0.25) is 5.91 Å². The minimum atomic E-state index is -0.254. The van der Waals surface area contributed by atoms with Gasteiger partial charge in [-0.1, -0.05) is 6.07 Å². The van der Waals surface area contributed by atoms with Gasteiger partial charge >= 0.3 is 0 Å². The first kappa shape index (κ1) is 23.6. The number of likely N-dealkylation sites (N-methyl/N-ethyl adjacent to an activating group) is 2. The molecule has 0 radical (unpaired) electrons. The van der Waals surface area contributed by atoms with Crippen molar-refractivity contribution in [3.8, 4) is 0 Å². The maximum Gasteiger partial charge on any atom is 0.254 e. The molecule has 3 aliphatic rings. The second-order valence-corrected chi connectivity index (χ2v) is 9.68. The quantitative estimate of drug-likeness (QED) is 0.723. The molecule has 0 spiro atoms. The van der Waals surface area contributed by atoms with Gasteiger partial charge in [0.1, 0.15) is 11.9 Å². The van der Waals surface area contributed by atoms with Gasteiger partial charge in [0.05, 0.1) is 17.6 Å². The van der Waals surface area contributed by atoms with Crippen LogP contribution in [0.3, 0.4) is 0 Å². The van der Waals surface area contributed by atoms with Crippen molar-refractivity contribution >= 4 is 34.7 Å². The number of benzene rings is 1. The van der Waals surface area contributed by atoms with Crippen LogP contribution in [0.15, 0.2) is 36.5 Å². The lowest BCUT2D eigenvalue weighted by atomic mass is 10.00. The van der Waals surface area contributed by atoms with Gasteiger partial charge in [-0.3, -0.25) is 9.59 Å². The van der Waals surface area contributed by atoms with Crippen molar-refractivity contribution < 1.29 is 14.3 Å². The van der Waals surface area contributed by atoms with E-state index in [1.807, 2.05) is 42.2 Å². The molecular formula is C26H34N6O3. The first-order chi connectivity index (χ1) is 16.9. The van der Waals surface area contributed by atoms with Crippen LogP contribution < -0.4 is 15.1 Å². The topological polar surface area (TPSA) is 81.2 Å². The summed E-state index contributed by atoms with van der Waals surface area (Å²) in [6.07, 6.45) is 3.54. The number of nitrogens with zero attached hydrogens (tertiary/aromatic N) is 5. The maximum absolute atomic E-state index is 13.0. The molecule has 1 N–H and O–H groups in total. The summed E-state index contributed by atoms with van der Waals surface area (Å²) in [6.45, 7) is 6.65. The van der Waals surface area contributed by atoms with E-state index in [1.54, 1.807) is 18.1 Å². The minimum absolute atomic E-state index is 0.0554. The van der Waals surface area contributed by atoms with E-state index in [4.69, 9.17) is 4.74 Å². The van der Waals surface area contributed by atoms with Crippen molar-refractivity contribution in [2.45, 2.75) is 31.8 Å². The molecule has 3 aliphatic heterocycles. The predicted molar refractivity (Wildman–Crippen MR) is 137 cm³/mol. The molecular weight excluding hydrogens is 444 g/mol. The Labute approximate surface area is 206 Å². The molecule has 5 rings (SSSR count). The normalized spacial score (nSPS) is 21.7. The third-order valence-electron chi connectivity index (χ3n) is 7.36. The Morgan fingerprint density at radius 3 is 2.54 bits per heavy atom. The van der Waals surface area contributed by atoms with Crippen molar-refractivity contribution in [2.75, 3.05) is 68.6 Å². The van der Waals surface area contributed by atoms with Crippen LogP contribution in [0.2, 0.25) is 0 Å². The maximum atomic E-state index is 13.0. The van der Waals surface area contributed by atoms with Crippen LogP contribution in [0.25, 0.3) is 0 Å². The van der Waals surface area contributed by atoms with Crippen LogP contribution in [0, 0.1) is 0 Å². The Kier molecular flexibility index (Phi) is 6.62. The van der Waals surface area contributed by atoms with Crippen molar-refractivity contribution in [1.82, 2.24) is 14.8 Å². The van der Waals surface area contributed by atoms with Crippen LogP contribution >= 0.6 is 0 Å². The molecule has 4 heterocycles. The average molecular weight is 479 g/mol. The molecule has 1 aromatic heterocycles. The molecule has 2 aromatic rings. The number of amides is 2. The molecule has 1 aromatic carbocycles. The second kappa shape index (κ2) is 9.83. The zero-order valence-electron chi connectivity index (χ0n) is 20.7. The van der Waals surface area contributed by atoms with Gasteiger partial charge < -0.3 is 29.7 Å². The summed E-state index contributed by atoms with van der Waals surface area (Å²) in [7, 11) is 3.89. The monoisotopic (exact) mass is 478 g/mol. The first-order valence-electron chi connectivity index (χ1n) is 12.4. The van der Waals surface area contributed by atoms with E-state index in [1.165, 1.54) is 0 Å². The lowest BCUT2D eigenvalue weighted by molar-refractivity contribution is -0.119. The highest BCUT2D eigenvalue weighted by atomic mass is 16.5. The van der Waals surface area contributed by atoms with Gasteiger partial charge in [0.25, 0.3) is 5.91 Å². The van der Waals surface area contributed by atoms with E-state index < -0.39 is 0 Å². The van der Waals surface area contributed by atoms with Crippen molar-refractivity contribution in [3.63, 3.8) is 0 Å². The highest BCUT2D eigenvalue weighted by molar-refractivity contribution is 6.05. The molecule has 2 fully saturated rings. The number of nitrogens with one attached hydrogen (secondary N) is 1. The number of ether oxygens (including phenoxy) is 1. The third kappa shape index (κ3) is 4.70. The number of hydrogen-bond acceptors (Lipinski definition) is 7. The van der Waals surface area contributed by atoms with Gasteiger partial charge in [-0.25, -0.2) is 4.98 Å². The van der Waals surface area contributed by atoms with E-state index in [-0.39, 0.29) is 23.9 Å². The summed E-state index contributed by atoms with van der Waals surface area (Å²) in [5.74, 6) is 0.807. The van der Waals surface area contributed by atoms with E-state index in [9.17, 15) is 9.59 Å². The molecule has 9 heteroatoms. The average Bonchev–Trinajstić information content (AvgIpc) is 2.88. The fourth-order valence-corrected chi connectivity index (χ4v) is 5.24. The van der Waals surface area contributed by atoms with E-state index in [0.29, 0.717) is 24.6 Å². The molecule has 2 amide bonds. The number of carbonyl (C=O) groups is 2. The number of hydrogen-bond donors (Lipinski definition) is 1. The molecule has 1 unspecified atom stereocenters. The summed E-state index contributed by atoms with van der Waals surface area (Å²) < 4.78 is 5.56. The predicted octanol–water partition coefficient (Wildman–Crippen LogP) is 2.56. The van der Waals surface area contributed by atoms with Gasteiger partial charge in [-0.05, 0) is 45.0 Å². The van der Waals surface area contributed by atoms with Crippen LogP contribution in [0.4, 0.5) is 22.9 Å². The Morgan fingerprint density at radius 2 is 1.80 bits per heavy atom. The van der Waals surface area contributed by atoms with Crippen LogP contribution in [0.1, 0.15) is 30.1 Å². The molecule has 0 bridgehead atoms. The Bertz CT molecular complexity index is 1090. The second-order valence-electron chi connectivity index (χ2n) is 9.68. The number of pyridine rings is 1. The highest BCUT2D eigenvalue weighted by Crippen LogP contribution is 2.39. The summed E-state index contributed by atoms with van der Waals surface area (Å²) in [6, 6.07) is 9.59. The zero-order valence-corrected chi connectivity index (χ0v) is 20.7. The fourth-order valence-electron chi connectivity index (χ4n) is 5.24. The smallest absolute Gasteiger partial charge is 0.254 e. The summed E-state index contributed by atoms with van der Waals surface area (Å²) in [5.41, 5.74) is 3.28. The van der Waals surface area contributed by atoms with Gasteiger partial charge in [0, 0.05) is 69.8 Å². The van der Waals surface area contributed by atoms with Gasteiger partial charge in [-0.2, -0.15) is 0 Å². The lowest BCUT2D eigenvalue weighted by Gasteiger charge is -2.45. The first-order valence-corrected chi connectivity index (χ1v) is 12.4. The molecule has 2 saturated heterocycles. The van der Waals surface area contributed by atoms with Crippen LogP contribution in [-0.2, 0) is 9.53 Å². The van der Waals surface area contributed by atoms with Crippen LogP contribution in [0.5, 0.6) is 0 Å². The van der Waals surface area contributed by atoms with Gasteiger partial charge in [0.15, 0.2) is 0 Å².